The highest BCUT2D eigenvalue weighted by Crippen LogP contribution is 2.27. The van der Waals surface area contributed by atoms with Crippen LogP contribution in [0.15, 0.2) is 54.7 Å². The molecule has 0 saturated heterocycles. The van der Waals surface area contributed by atoms with Gasteiger partial charge in [0.15, 0.2) is 6.61 Å². The predicted molar refractivity (Wildman–Crippen MR) is 96.9 cm³/mol. The molecule has 0 fully saturated rings. The Morgan fingerprint density at radius 1 is 1.12 bits per heavy atom. The molecule has 0 spiro atoms. The minimum Gasteiger partial charge on any atom is -0.482 e. The summed E-state index contributed by atoms with van der Waals surface area (Å²) in [5, 5.41) is 4.94. The predicted octanol–water partition coefficient (Wildman–Crippen LogP) is 4.14. The number of benzene rings is 2. The molecule has 4 nitrogen and oxygen atoms in total. The largest absolute Gasteiger partial charge is 0.482 e. The van der Waals surface area contributed by atoms with Crippen LogP contribution in [0.5, 0.6) is 5.75 Å². The van der Waals surface area contributed by atoms with Gasteiger partial charge in [0.25, 0.3) is 5.91 Å². The first-order valence-electron chi connectivity index (χ1n) is 7.52. The van der Waals surface area contributed by atoms with E-state index in [4.69, 9.17) is 27.9 Å². The number of amides is 1. The Labute approximate surface area is 149 Å². The Hall–Kier alpha value is -2.17. The van der Waals surface area contributed by atoms with E-state index in [1.54, 1.807) is 18.2 Å². The van der Waals surface area contributed by atoms with Crippen molar-refractivity contribution in [1.82, 2.24) is 9.88 Å². The molecular weight excluding hydrogens is 347 g/mol. The van der Waals surface area contributed by atoms with E-state index in [1.807, 2.05) is 18.3 Å². The number of nitrogens with zero attached hydrogens (tertiary/aromatic N) is 1. The quantitative estimate of drug-likeness (QED) is 0.715. The summed E-state index contributed by atoms with van der Waals surface area (Å²) >= 11 is 11.9. The van der Waals surface area contributed by atoms with Crippen molar-refractivity contribution in [2.75, 3.05) is 13.2 Å². The van der Waals surface area contributed by atoms with E-state index < -0.39 is 0 Å². The summed E-state index contributed by atoms with van der Waals surface area (Å²) in [6.45, 7) is 1.10. The van der Waals surface area contributed by atoms with Crippen LogP contribution in [-0.4, -0.2) is 23.6 Å². The molecule has 3 aromatic rings. The van der Waals surface area contributed by atoms with Crippen LogP contribution in [0.2, 0.25) is 10.0 Å². The van der Waals surface area contributed by atoms with Gasteiger partial charge in [-0.05, 0) is 29.7 Å². The van der Waals surface area contributed by atoms with Crippen molar-refractivity contribution in [2.45, 2.75) is 6.54 Å². The lowest BCUT2D eigenvalue weighted by Crippen LogP contribution is -2.31. The highest BCUT2D eigenvalue weighted by atomic mass is 35.5. The van der Waals surface area contributed by atoms with Gasteiger partial charge in [-0.1, -0.05) is 41.4 Å². The van der Waals surface area contributed by atoms with Gasteiger partial charge in [0, 0.05) is 35.9 Å². The Morgan fingerprint density at radius 3 is 2.83 bits per heavy atom. The van der Waals surface area contributed by atoms with E-state index in [0.717, 1.165) is 5.52 Å². The first-order valence-corrected chi connectivity index (χ1v) is 8.27. The number of nitrogens with one attached hydrogen (secondary N) is 1. The molecule has 1 heterocycles. The number of para-hydroxylation sites is 1. The summed E-state index contributed by atoms with van der Waals surface area (Å²) < 4.78 is 7.50. The smallest absolute Gasteiger partial charge is 0.258 e. The lowest BCUT2D eigenvalue weighted by Gasteiger charge is -2.10. The summed E-state index contributed by atoms with van der Waals surface area (Å²) in [4.78, 5) is 11.9. The number of ether oxygens (including phenoxy) is 1. The topological polar surface area (TPSA) is 43.3 Å². The van der Waals surface area contributed by atoms with Gasteiger partial charge in [0.05, 0.1) is 5.02 Å². The summed E-state index contributed by atoms with van der Waals surface area (Å²) in [5.74, 6) is 0.193. The molecule has 124 valence electrons. The molecule has 0 bridgehead atoms. The maximum absolute atomic E-state index is 11.9. The molecule has 3 rings (SSSR count). The molecule has 0 unspecified atom stereocenters. The van der Waals surface area contributed by atoms with E-state index in [-0.39, 0.29) is 12.5 Å². The van der Waals surface area contributed by atoms with Crippen molar-refractivity contribution in [3.05, 3.63) is 64.8 Å². The summed E-state index contributed by atoms with van der Waals surface area (Å²) in [5.41, 5.74) is 1.15. The zero-order valence-corrected chi connectivity index (χ0v) is 14.3. The third kappa shape index (κ3) is 4.02. The normalized spacial score (nSPS) is 10.8. The average molecular weight is 363 g/mol. The summed E-state index contributed by atoms with van der Waals surface area (Å²) in [7, 11) is 0. The zero-order valence-electron chi connectivity index (χ0n) is 12.8. The van der Waals surface area contributed by atoms with E-state index in [9.17, 15) is 4.79 Å². The van der Waals surface area contributed by atoms with Crippen LogP contribution in [0.1, 0.15) is 0 Å². The van der Waals surface area contributed by atoms with Crippen molar-refractivity contribution in [2.24, 2.45) is 0 Å². The molecule has 1 N–H and O–H groups in total. The van der Waals surface area contributed by atoms with Crippen molar-refractivity contribution in [3.8, 4) is 5.75 Å². The molecular formula is C18H16Cl2N2O2. The maximum Gasteiger partial charge on any atom is 0.258 e. The first kappa shape index (κ1) is 16.7. The number of rotatable bonds is 6. The summed E-state index contributed by atoms with van der Waals surface area (Å²) in [6, 6.07) is 15.1. The van der Waals surface area contributed by atoms with Crippen LogP contribution in [-0.2, 0) is 11.3 Å². The van der Waals surface area contributed by atoms with Crippen molar-refractivity contribution < 1.29 is 9.53 Å². The van der Waals surface area contributed by atoms with Crippen molar-refractivity contribution >= 4 is 40.0 Å². The van der Waals surface area contributed by atoms with E-state index in [1.165, 1.54) is 5.39 Å². The SMILES string of the molecule is O=C(COc1cc(Cl)ccc1Cl)NCCn1ccc2ccccc21. The van der Waals surface area contributed by atoms with Crippen LogP contribution in [0.3, 0.4) is 0 Å². The fraction of sp³-hybridized carbons (Fsp3) is 0.167. The molecule has 6 heteroatoms. The lowest BCUT2D eigenvalue weighted by atomic mass is 10.2. The fourth-order valence-electron chi connectivity index (χ4n) is 2.43. The molecule has 24 heavy (non-hydrogen) atoms. The Kier molecular flexibility index (Phi) is 5.28. The van der Waals surface area contributed by atoms with Crippen LogP contribution in [0.4, 0.5) is 0 Å². The monoisotopic (exact) mass is 362 g/mol. The van der Waals surface area contributed by atoms with Gasteiger partial charge >= 0.3 is 0 Å². The maximum atomic E-state index is 11.9. The number of carbonyl (C=O) groups excluding carboxylic acids is 1. The van der Waals surface area contributed by atoms with Gasteiger partial charge in [-0.2, -0.15) is 0 Å². The Morgan fingerprint density at radius 2 is 1.96 bits per heavy atom. The van der Waals surface area contributed by atoms with Crippen LogP contribution < -0.4 is 10.1 Å². The number of carbonyl (C=O) groups is 1. The van der Waals surface area contributed by atoms with Crippen LogP contribution >= 0.6 is 23.2 Å². The van der Waals surface area contributed by atoms with Gasteiger partial charge in [-0.15, -0.1) is 0 Å². The lowest BCUT2D eigenvalue weighted by molar-refractivity contribution is -0.123. The van der Waals surface area contributed by atoms with E-state index >= 15 is 0 Å². The van der Waals surface area contributed by atoms with Gasteiger partial charge in [0.2, 0.25) is 0 Å². The average Bonchev–Trinajstić information content (AvgIpc) is 2.99. The molecule has 2 aromatic carbocycles. The molecule has 1 amide bonds. The Bertz CT molecular complexity index is 861. The molecule has 0 aliphatic rings. The van der Waals surface area contributed by atoms with Gasteiger partial charge in [-0.25, -0.2) is 0 Å². The third-order valence-corrected chi connectivity index (χ3v) is 4.15. The van der Waals surface area contributed by atoms with E-state index in [2.05, 4.69) is 28.1 Å². The first-order chi connectivity index (χ1) is 11.6. The third-order valence-electron chi connectivity index (χ3n) is 3.61. The molecule has 1 aromatic heterocycles. The molecule has 0 saturated carbocycles. The highest BCUT2D eigenvalue weighted by molar-refractivity contribution is 6.34. The van der Waals surface area contributed by atoms with E-state index in [0.29, 0.717) is 28.9 Å². The minimum absolute atomic E-state index is 0.105. The van der Waals surface area contributed by atoms with Gasteiger partial charge in [0.1, 0.15) is 5.75 Å². The number of hydrogen-bond donors (Lipinski definition) is 1. The number of halogens is 2. The van der Waals surface area contributed by atoms with Gasteiger partial charge < -0.3 is 14.6 Å². The molecule has 0 atom stereocenters. The minimum atomic E-state index is -0.206. The van der Waals surface area contributed by atoms with Crippen molar-refractivity contribution in [1.29, 1.82) is 0 Å². The van der Waals surface area contributed by atoms with Crippen molar-refractivity contribution in [3.63, 3.8) is 0 Å². The second-order valence-electron chi connectivity index (χ2n) is 5.28. The zero-order chi connectivity index (χ0) is 16.9. The fourth-order valence-corrected chi connectivity index (χ4v) is 2.77. The second-order valence-corrected chi connectivity index (χ2v) is 6.12. The molecule has 0 radical (unpaired) electrons. The van der Waals surface area contributed by atoms with Crippen LogP contribution in [0.25, 0.3) is 10.9 Å². The highest BCUT2D eigenvalue weighted by Gasteiger charge is 2.07. The molecule has 0 aliphatic carbocycles. The van der Waals surface area contributed by atoms with Crippen LogP contribution in [0, 0.1) is 0 Å². The number of aromatic nitrogens is 1. The molecule has 0 aliphatic heterocycles. The standard InChI is InChI=1S/C18H16Cl2N2O2/c19-14-5-6-15(20)17(11-14)24-12-18(23)21-8-10-22-9-7-13-3-1-2-4-16(13)22/h1-7,9,11H,8,10,12H2,(H,21,23). The van der Waals surface area contributed by atoms with Gasteiger partial charge in [-0.3, -0.25) is 4.79 Å². The Balaban J connectivity index is 1.48. The number of fused-ring (bicyclic) bond motifs is 1. The summed E-state index contributed by atoms with van der Waals surface area (Å²) in [6.07, 6.45) is 2.01. The number of hydrogen-bond acceptors (Lipinski definition) is 2. The second kappa shape index (κ2) is 7.60.